The van der Waals surface area contributed by atoms with Crippen LogP contribution in [0.1, 0.15) is 32.6 Å². The fraction of sp³-hybridized carbons (Fsp3) is 0.619. The van der Waals surface area contributed by atoms with Gasteiger partial charge in [-0.3, -0.25) is 14.2 Å². The lowest BCUT2D eigenvalue weighted by molar-refractivity contribution is -0.138. The van der Waals surface area contributed by atoms with Gasteiger partial charge in [0.2, 0.25) is 5.91 Å². The predicted octanol–water partition coefficient (Wildman–Crippen LogP) is 3.23. The standard InChI is InChI=1S/C21H28N4O4S2/c1-2-29-21(28)24-10-8-23(9-11-24)18(26)15-5-3-14(4-6-15)13-25-19(27)17-16(7-12-31-17)22-20(25)30/h7,12,14-15H,2-6,8-11,13H2,1H3,(H,22,30). The van der Waals surface area contributed by atoms with Crippen molar-refractivity contribution in [1.29, 1.82) is 0 Å². The summed E-state index contributed by atoms with van der Waals surface area (Å²) in [6, 6.07) is 1.88. The molecule has 2 aromatic heterocycles. The van der Waals surface area contributed by atoms with Crippen LogP contribution in [0.25, 0.3) is 10.2 Å². The Hall–Kier alpha value is -2.20. The number of H-pyrrole nitrogens is 1. The van der Waals surface area contributed by atoms with E-state index in [-0.39, 0.29) is 23.5 Å². The Morgan fingerprint density at radius 2 is 1.84 bits per heavy atom. The molecule has 2 aromatic rings. The van der Waals surface area contributed by atoms with Crippen LogP contribution in [0.5, 0.6) is 0 Å². The molecule has 8 nitrogen and oxygen atoms in total. The number of carbonyl (C=O) groups is 2. The van der Waals surface area contributed by atoms with Crippen LogP contribution in [0.3, 0.4) is 0 Å². The number of aromatic amines is 1. The summed E-state index contributed by atoms with van der Waals surface area (Å²) in [6.45, 7) is 4.91. The van der Waals surface area contributed by atoms with Gasteiger partial charge in [0, 0.05) is 38.6 Å². The van der Waals surface area contributed by atoms with Crippen LogP contribution in [-0.4, -0.2) is 64.1 Å². The van der Waals surface area contributed by atoms with Crippen LogP contribution in [0.4, 0.5) is 4.79 Å². The van der Waals surface area contributed by atoms with E-state index in [4.69, 9.17) is 17.0 Å². The number of hydrogen-bond acceptors (Lipinski definition) is 6. The van der Waals surface area contributed by atoms with Crippen LogP contribution in [0.15, 0.2) is 16.2 Å². The van der Waals surface area contributed by atoms with Crippen LogP contribution in [0, 0.1) is 16.6 Å². The van der Waals surface area contributed by atoms with Crippen molar-refractivity contribution in [2.45, 2.75) is 39.2 Å². The fourth-order valence-corrected chi connectivity index (χ4v) is 5.63. The number of hydrogen-bond donors (Lipinski definition) is 1. The topological polar surface area (TPSA) is 87.6 Å². The number of nitrogens with zero attached hydrogens (tertiary/aromatic N) is 3. The van der Waals surface area contributed by atoms with Gasteiger partial charge >= 0.3 is 6.09 Å². The van der Waals surface area contributed by atoms with E-state index in [1.165, 1.54) is 11.3 Å². The number of rotatable bonds is 4. The van der Waals surface area contributed by atoms with Gasteiger partial charge in [-0.15, -0.1) is 11.3 Å². The zero-order chi connectivity index (χ0) is 22.0. The van der Waals surface area contributed by atoms with Crippen molar-refractivity contribution in [3.8, 4) is 0 Å². The number of ether oxygens (including phenoxy) is 1. The molecule has 0 atom stereocenters. The molecule has 0 unspecified atom stereocenters. The minimum absolute atomic E-state index is 0.0218. The molecule has 1 aliphatic carbocycles. The number of aromatic nitrogens is 2. The van der Waals surface area contributed by atoms with Gasteiger partial charge < -0.3 is 19.5 Å². The minimum atomic E-state index is -0.301. The second-order valence-electron chi connectivity index (χ2n) is 8.24. The number of nitrogens with one attached hydrogen (secondary N) is 1. The summed E-state index contributed by atoms with van der Waals surface area (Å²) < 4.78 is 7.89. The van der Waals surface area contributed by atoms with Gasteiger partial charge in [0.25, 0.3) is 5.56 Å². The Morgan fingerprint density at radius 3 is 2.52 bits per heavy atom. The second kappa shape index (κ2) is 9.52. The molecular weight excluding hydrogens is 436 g/mol. The third kappa shape index (κ3) is 4.69. The lowest BCUT2D eigenvalue weighted by Gasteiger charge is -2.37. The molecule has 0 bridgehead atoms. The van der Waals surface area contributed by atoms with Gasteiger partial charge in [0.1, 0.15) is 4.70 Å². The number of carbonyl (C=O) groups excluding carboxylic acids is 2. The van der Waals surface area contributed by atoms with Crippen molar-refractivity contribution >= 4 is 45.8 Å². The predicted molar refractivity (Wildman–Crippen MR) is 122 cm³/mol. The average Bonchev–Trinajstić information content (AvgIpc) is 3.25. The zero-order valence-electron chi connectivity index (χ0n) is 17.7. The van der Waals surface area contributed by atoms with E-state index in [1.54, 1.807) is 16.4 Å². The first-order valence-corrected chi connectivity index (χ1v) is 12.2. The Morgan fingerprint density at radius 1 is 1.16 bits per heavy atom. The van der Waals surface area contributed by atoms with Crippen molar-refractivity contribution in [3.63, 3.8) is 0 Å². The van der Waals surface area contributed by atoms with Gasteiger partial charge in [-0.2, -0.15) is 0 Å². The Bertz CT molecular complexity index is 1060. The third-order valence-electron chi connectivity index (χ3n) is 6.35. The van der Waals surface area contributed by atoms with Gasteiger partial charge in [-0.05, 0) is 62.2 Å². The smallest absolute Gasteiger partial charge is 0.409 e. The van der Waals surface area contributed by atoms with Crippen molar-refractivity contribution in [2.24, 2.45) is 11.8 Å². The maximum Gasteiger partial charge on any atom is 0.409 e. The monoisotopic (exact) mass is 464 g/mol. The SMILES string of the molecule is CCOC(=O)N1CCN(C(=O)C2CCC(Cn3c(=S)[nH]c4ccsc4c3=O)CC2)CC1. The highest BCUT2D eigenvalue weighted by Gasteiger charge is 2.32. The highest BCUT2D eigenvalue weighted by Crippen LogP contribution is 2.31. The minimum Gasteiger partial charge on any atom is -0.450 e. The number of fused-ring (bicyclic) bond motifs is 1. The van der Waals surface area contributed by atoms with Crippen LogP contribution < -0.4 is 5.56 Å². The van der Waals surface area contributed by atoms with E-state index in [9.17, 15) is 14.4 Å². The highest BCUT2D eigenvalue weighted by atomic mass is 32.1. The van der Waals surface area contributed by atoms with Crippen LogP contribution in [0.2, 0.25) is 0 Å². The quantitative estimate of drug-likeness (QED) is 0.702. The molecule has 168 valence electrons. The third-order valence-corrected chi connectivity index (χ3v) is 7.57. The first-order chi connectivity index (χ1) is 15.0. The van der Waals surface area contributed by atoms with Crippen molar-refractivity contribution in [2.75, 3.05) is 32.8 Å². The van der Waals surface area contributed by atoms with E-state index in [0.29, 0.717) is 54.7 Å². The molecule has 3 heterocycles. The van der Waals surface area contributed by atoms with Crippen molar-refractivity contribution in [3.05, 3.63) is 26.6 Å². The molecule has 1 saturated heterocycles. The molecule has 2 aliphatic rings. The molecular formula is C21H28N4O4S2. The number of amides is 2. The van der Waals surface area contributed by atoms with Crippen LogP contribution in [-0.2, 0) is 16.1 Å². The van der Waals surface area contributed by atoms with E-state index in [2.05, 4.69) is 4.98 Å². The average molecular weight is 465 g/mol. The maximum absolute atomic E-state index is 13.0. The first kappa shape index (κ1) is 22.0. The van der Waals surface area contributed by atoms with Crippen molar-refractivity contribution in [1.82, 2.24) is 19.4 Å². The molecule has 0 radical (unpaired) electrons. The largest absolute Gasteiger partial charge is 0.450 e. The Balaban J connectivity index is 1.30. The molecule has 2 amide bonds. The molecule has 1 aliphatic heterocycles. The first-order valence-electron chi connectivity index (χ1n) is 10.9. The van der Waals surface area contributed by atoms with E-state index in [0.717, 1.165) is 31.2 Å². The second-order valence-corrected chi connectivity index (χ2v) is 9.54. The molecule has 1 saturated carbocycles. The van der Waals surface area contributed by atoms with Gasteiger partial charge in [-0.1, -0.05) is 0 Å². The Labute approximate surface area is 189 Å². The van der Waals surface area contributed by atoms with Gasteiger partial charge in [0.15, 0.2) is 4.77 Å². The summed E-state index contributed by atoms with van der Waals surface area (Å²) in [4.78, 5) is 44.3. The summed E-state index contributed by atoms with van der Waals surface area (Å²) in [6.07, 6.45) is 3.16. The molecule has 0 aromatic carbocycles. The molecule has 2 fully saturated rings. The van der Waals surface area contributed by atoms with Crippen LogP contribution >= 0.6 is 23.6 Å². The molecule has 31 heavy (non-hydrogen) atoms. The Kier molecular flexibility index (Phi) is 6.76. The maximum atomic E-state index is 13.0. The molecule has 4 rings (SSSR count). The summed E-state index contributed by atoms with van der Waals surface area (Å²) in [5.74, 6) is 0.558. The van der Waals surface area contributed by atoms with Crippen molar-refractivity contribution < 1.29 is 14.3 Å². The highest BCUT2D eigenvalue weighted by molar-refractivity contribution is 7.71. The number of thiophene rings is 1. The lowest BCUT2D eigenvalue weighted by Crippen LogP contribution is -2.52. The fourth-order valence-electron chi connectivity index (χ4n) is 4.57. The lowest BCUT2D eigenvalue weighted by atomic mass is 9.81. The zero-order valence-corrected chi connectivity index (χ0v) is 19.3. The van der Waals surface area contributed by atoms with E-state index >= 15 is 0 Å². The summed E-state index contributed by atoms with van der Waals surface area (Å²) in [5, 5.41) is 1.89. The van der Waals surface area contributed by atoms with Gasteiger partial charge in [0.05, 0.1) is 12.1 Å². The number of piperazine rings is 1. The molecule has 10 heteroatoms. The summed E-state index contributed by atoms with van der Waals surface area (Å²) >= 11 is 6.84. The van der Waals surface area contributed by atoms with Gasteiger partial charge in [-0.25, -0.2) is 4.79 Å². The summed E-state index contributed by atoms with van der Waals surface area (Å²) in [5.41, 5.74) is 0.778. The molecule has 0 spiro atoms. The molecule has 1 N–H and O–H groups in total. The van der Waals surface area contributed by atoms with E-state index < -0.39 is 0 Å². The van der Waals surface area contributed by atoms with E-state index in [1.807, 2.05) is 16.3 Å². The normalized spacial score (nSPS) is 22.0. The summed E-state index contributed by atoms with van der Waals surface area (Å²) in [7, 11) is 0.